The molecular formula is C23H25N5O3. The molecule has 1 aliphatic rings. The Morgan fingerprint density at radius 2 is 1.90 bits per heavy atom. The number of benzene rings is 1. The molecule has 1 aliphatic heterocycles. The summed E-state index contributed by atoms with van der Waals surface area (Å²) in [6.45, 7) is 2.96. The van der Waals surface area contributed by atoms with Crippen LogP contribution in [0.25, 0.3) is 11.3 Å². The minimum atomic E-state index is -0.203. The van der Waals surface area contributed by atoms with E-state index in [0.717, 1.165) is 35.5 Å². The van der Waals surface area contributed by atoms with Gasteiger partial charge in [-0.25, -0.2) is 9.97 Å². The Balaban J connectivity index is 1.57. The van der Waals surface area contributed by atoms with Crippen molar-refractivity contribution in [2.45, 2.75) is 12.8 Å². The first-order chi connectivity index (χ1) is 15.2. The van der Waals surface area contributed by atoms with E-state index in [4.69, 9.17) is 15.6 Å². The van der Waals surface area contributed by atoms with Crippen LogP contribution in [-0.2, 0) is 17.6 Å². The number of ketones is 1. The van der Waals surface area contributed by atoms with E-state index >= 15 is 0 Å². The molecule has 0 amide bonds. The van der Waals surface area contributed by atoms with Gasteiger partial charge in [0, 0.05) is 55.3 Å². The number of anilines is 2. The molecule has 0 aliphatic carbocycles. The van der Waals surface area contributed by atoms with Crippen LogP contribution in [0.2, 0.25) is 0 Å². The minimum absolute atomic E-state index is 0.0977. The first kappa shape index (κ1) is 20.9. The number of morpholine rings is 1. The molecule has 8 nitrogen and oxygen atoms in total. The molecule has 0 radical (unpaired) electrons. The first-order valence-corrected chi connectivity index (χ1v) is 10.3. The highest BCUT2D eigenvalue weighted by molar-refractivity contribution is 6.00. The lowest BCUT2D eigenvalue weighted by Gasteiger charge is -2.30. The van der Waals surface area contributed by atoms with Crippen molar-refractivity contribution in [2.75, 3.05) is 43.5 Å². The van der Waals surface area contributed by atoms with Gasteiger partial charge >= 0.3 is 0 Å². The number of hydrogen-bond acceptors (Lipinski definition) is 8. The molecular weight excluding hydrogens is 394 g/mol. The van der Waals surface area contributed by atoms with E-state index in [0.29, 0.717) is 25.3 Å². The van der Waals surface area contributed by atoms with Gasteiger partial charge in [-0.05, 0) is 18.1 Å². The number of carbonyl (C=O) groups excluding carboxylic acids is 1. The molecule has 1 fully saturated rings. The smallest absolute Gasteiger partial charge is 0.189 e. The molecule has 31 heavy (non-hydrogen) atoms. The van der Waals surface area contributed by atoms with Crippen LogP contribution >= 0.6 is 0 Å². The summed E-state index contributed by atoms with van der Waals surface area (Å²) in [6.07, 6.45) is 5.74. The third-order valence-corrected chi connectivity index (χ3v) is 5.30. The van der Waals surface area contributed by atoms with Crippen molar-refractivity contribution < 1.29 is 14.6 Å². The maximum Gasteiger partial charge on any atom is 0.189 e. The number of aliphatic hydroxyl groups is 1. The molecule has 8 heteroatoms. The Morgan fingerprint density at radius 3 is 2.65 bits per heavy atom. The van der Waals surface area contributed by atoms with Crippen LogP contribution in [0.15, 0.2) is 48.9 Å². The van der Waals surface area contributed by atoms with E-state index in [1.54, 1.807) is 18.6 Å². The van der Waals surface area contributed by atoms with E-state index in [2.05, 4.69) is 19.9 Å². The van der Waals surface area contributed by atoms with Gasteiger partial charge in [0.1, 0.15) is 5.69 Å². The number of carbonyl (C=O) groups is 1. The fourth-order valence-corrected chi connectivity index (χ4v) is 3.64. The Labute approximate surface area is 180 Å². The first-order valence-electron chi connectivity index (χ1n) is 10.3. The number of aromatic nitrogens is 3. The number of pyridine rings is 1. The molecule has 160 valence electrons. The molecule has 1 aromatic carbocycles. The highest BCUT2D eigenvalue weighted by Gasteiger charge is 2.20. The second-order valence-electron chi connectivity index (χ2n) is 7.36. The lowest BCUT2D eigenvalue weighted by Crippen LogP contribution is -2.37. The van der Waals surface area contributed by atoms with Crippen molar-refractivity contribution in [3.63, 3.8) is 0 Å². The SMILES string of the molecule is Nc1ncc(-c2ccc(CCO)cc2)nc1C(=O)Cc1cnccc1N1CCOCC1. The number of aliphatic hydroxyl groups excluding tert-OH is 1. The Kier molecular flexibility index (Phi) is 6.49. The highest BCUT2D eigenvalue weighted by atomic mass is 16.5. The zero-order chi connectivity index (χ0) is 21.6. The molecule has 1 saturated heterocycles. The van der Waals surface area contributed by atoms with Crippen LogP contribution in [0.1, 0.15) is 21.6 Å². The third-order valence-electron chi connectivity index (χ3n) is 5.30. The molecule has 3 aromatic rings. The largest absolute Gasteiger partial charge is 0.396 e. The van der Waals surface area contributed by atoms with Gasteiger partial charge in [0.2, 0.25) is 0 Å². The van der Waals surface area contributed by atoms with E-state index in [-0.39, 0.29) is 30.3 Å². The minimum Gasteiger partial charge on any atom is -0.396 e. The number of ether oxygens (including phenoxy) is 1. The van der Waals surface area contributed by atoms with Gasteiger partial charge < -0.3 is 20.5 Å². The van der Waals surface area contributed by atoms with E-state index in [9.17, 15) is 4.79 Å². The monoisotopic (exact) mass is 419 g/mol. The van der Waals surface area contributed by atoms with Crippen LogP contribution in [-0.4, -0.2) is 58.8 Å². The summed E-state index contributed by atoms with van der Waals surface area (Å²) in [7, 11) is 0. The van der Waals surface area contributed by atoms with Gasteiger partial charge in [0.25, 0.3) is 0 Å². The quantitative estimate of drug-likeness (QED) is 0.558. The average Bonchev–Trinajstić information content (AvgIpc) is 2.81. The van der Waals surface area contributed by atoms with Crippen molar-refractivity contribution in [2.24, 2.45) is 0 Å². The third kappa shape index (κ3) is 4.87. The predicted octanol–water partition coefficient (Wildman–Crippen LogP) is 1.92. The molecule has 0 unspecified atom stereocenters. The fraction of sp³-hybridized carbons (Fsp3) is 0.304. The zero-order valence-corrected chi connectivity index (χ0v) is 17.2. The molecule has 0 spiro atoms. The van der Waals surface area contributed by atoms with Crippen LogP contribution < -0.4 is 10.6 Å². The Hall–Kier alpha value is -3.36. The van der Waals surface area contributed by atoms with Crippen LogP contribution in [0, 0.1) is 0 Å². The molecule has 0 atom stereocenters. The fourth-order valence-electron chi connectivity index (χ4n) is 3.64. The number of nitrogen functional groups attached to an aromatic ring is 1. The van der Waals surface area contributed by atoms with Crippen molar-refractivity contribution in [1.29, 1.82) is 0 Å². The summed E-state index contributed by atoms with van der Waals surface area (Å²) in [4.78, 5) is 28.2. The summed E-state index contributed by atoms with van der Waals surface area (Å²) < 4.78 is 5.43. The summed E-state index contributed by atoms with van der Waals surface area (Å²) in [5, 5.41) is 9.07. The number of nitrogens with two attached hydrogens (primary N) is 1. The number of nitrogens with zero attached hydrogens (tertiary/aromatic N) is 4. The number of Topliss-reactive ketones (excluding diaryl/α,β-unsaturated/α-hetero) is 1. The molecule has 2 aromatic heterocycles. The van der Waals surface area contributed by atoms with Crippen molar-refractivity contribution in [1.82, 2.24) is 15.0 Å². The van der Waals surface area contributed by atoms with Gasteiger partial charge in [-0.3, -0.25) is 9.78 Å². The normalized spacial score (nSPS) is 13.9. The van der Waals surface area contributed by atoms with Crippen molar-refractivity contribution in [3.8, 4) is 11.3 Å². The average molecular weight is 419 g/mol. The summed E-state index contributed by atoms with van der Waals surface area (Å²) in [5.74, 6) is -0.0891. The van der Waals surface area contributed by atoms with Crippen molar-refractivity contribution >= 4 is 17.3 Å². The van der Waals surface area contributed by atoms with Crippen molar-refractivity contribution in [3.05, 3.63) is 65.7 Å². The van der Waals surface area contributed by atoms with Crippen LogP contribution in [0.4, 0.5) is 11.5 Å². The zero-order valence-electron chi connectivity index (χ0n) is 17.2. The van der Waals surface area contributed by atoms with Gasteiger partial charge in [0.15, 0.2) is 11.6 Å². The van der Waals surface area contributed by atoms with E-state index < -0.39 is 0 Å². The maximum absolute atomic E-state index is 13.1. The second kappa shape index (κ2) is 9.63. The maximum atomic E-state index is 13.1. The lowest BCUT2D eigenvalue weighted by atomic mass is 10.0. The van der Waals surface area contributed by atoms with E-state index in [1.165, 1.54) is 0 Å². The van der Waals surface area contributed by atoms with Gasteiger partial charge in [-0.15, -0.1) is 0 Å². The van der Waals surface area contributed by atoms with Gasteiger partial charge in [-0.2, -0.15) is 0 Å². The standard InChI is InChI=1S/C23H25N5O3/c24-23-22(27-19(15-26-23)17-3-1-16(2-4-17)6-10-29)21(30)13-18-14-25-7-5-20(18)28-8-11-31-12-9-28/h1-5,7,14-15,29H,6,8-13H2,(H2,24,26). The molecule has 3 heterocycles. The Morgan fingerprint density at radius 1 is 1.13 bits per heavy atom. The molecule has 0 bridgehead atoms. The number of hydrogen-bond donors (Lipinski definition) is 2. The summed E-state index contributed by atoms with van der Waals surface area (Å²) >= 11 is 0. The highest BCUT2D eigenvalue weighted by Crippen LogP contribution is 2.24. The molecule has 3 N–H and O–H groups in total. The molecule has 0 saturated carbocycles. The topological polar surface area (TPSA) is 114 Å². The van der Waals surface area contributed by atoms with Crippen LogP contribution in [0.5, 0.6) is 0 Å². The lowest BCUT2D eigenvalue weighted by molar-refractivity contribution is 0.0988. The Bertz CT molecular complexity index is 1050. The van der Waals surface area contributed by atoms with Crippen LogP contribution in [0.3, 0.4) is 0 Å². The summed E-state index contributed by atoms with van der Waals surface area (Å²) in [6, 6.07) is 9.58. The van der Waals surface area contributed by atoms with Gasteiger partial charge in [0.05, 0.1) is 25.1 Å². The molecule has 4 rings (SSSR count). The predicted molar refractivity (Wildman–Crippen MR) is 118 cm³/mol. The van der Waals surface area contributed by atoms with Gasteiger partial charge in [-0.1, -0.05) is 24.3 Å². The second-order valence-corrected chi connectivity index (χ2v) is 7.36. The summed E-state index contributed by atoms with van der Waals surface area (Å²) in [5.41, 5.74) is 10.4. The number of rotatable bonds is 7. The van der Waals surface area contributed by atoms with E-state index in [1.807, 2.05) is 30.3 Å².